The van der Waals surface area contributed by atoms with Crippen molar-refractivity contribution in [1.82, 2.24) is 15.1 Å². The van der Waals surface area contributed by atoms with E-state index in [-0.39, 0.29) is 18.3 Å². The van der Waals surface area contributed by atoms with Crippen molar-refractivity contribution < 1.29 is 9.59 Å². The van der Waals surface area contributed by atoms with E-state index in [0.29, 0.717) is 18.7 Å². The molecule has 1 saturated heterocycles. The van der Waals surface area contributed by atoms with Gasteiger partial charge >= 0.3 is 0 Å². The number of carbonyl (C=O) groups excluding carboxylic acids is 2. The van der Waals surface area contributed by atoms with Crippen LogP contribution in [-0.2, 0) is 11.3 Å². The molecule has 1 aliphatic heterocycles. The number of hydrogen-bond acceptors (Lipinski definition) is 4. The normalized spacial score (nSPS) is 14.5. The lowest BCUT2D eigenvalue weighted by molar-refractivity contribution is -0.132. The van der Waals surface area contributed by atoms with Gasteiger partial charge in [-0.25, -0.2) is 0 Å². The molecule has 0 spiro atoms. The molecule has 22 heavy (non-hydrogen) atoms. The van der Waals surface area contributed by atoms with Crippen LogP contribution >= 0.6 is 12.4 Å². The van der Waals surface area contributed by atoms with E-state index in [4.69, 9.17) is 5.73 Å². The zero-order valence-corrected chi connectivity index (χ0v) is 13.6. The van der Waals surface area contributed by atoms with Crippen molar-refractivity contribution in [3.05, 3.63) is 35.4 Å². The molecule has 0 atom stereocenters. The molecule has 1 fully saturated rings. The van der Waals surface area contributed by atoms with Gasteiger partial charge in [-0.05, 0) is 24.7 Å². The van der Waals surface area contributed by atoms with Crippen LogP contribution in [0.25, 0.3) is 0 Å². The summed E-state index contributed by atoms with van der Waals surface area (Å²) in [4.78, 5) is 27.2. The molecular weight excluding hydrogens is 304 g/mol. The maximum atomic E-state index is 12.2. The Hall–Kier alpha value is -1.63. The summed E-state index contributed by atoms with van der Waals surface area (Å²) in [5.74, 6) is -0.290. The highest BCUT2D eigenvalue weighted by molar-refractivity contribution is 5.92. The second-order valence-corrected chi connectivity index (χ2v) is 5.37. The molecule has 122 valence electrons. The minimum Gasteiger partial charge on any atom is -0.366 e. The standard InChI is InChI=1S/C15H22N4O2.ClH/c1-18(11-14(20)19-7-5-17-6-8-19)10-12-3-2-4-13(9-12)15(16)21;/h2-4,9,17H,5-8,10-11H2,1H3,(H2,16,21);1H. The average Bonchev–Trinajstić information content (AvgIpc) is 2.48. The first kappa shape index (κ1) is 18.4. The van der Waals surface area contributed by atoms with Crippen molar-refractivity contribution in [2.24, 2.45) is 5.73 Å². The molecule has 6 nitrogen and oxygen atoms in total. The molecule has 0 bridgehead atoms. The Morgan fingerprint density at radius 1 is 1.32 bits per heavy atom. The van der Waals surface area contributed by atoms with E-state index < -0.39 is 5.91 Å². The van der Waals surface area contributed by atoms with E-state index in [9.17, 15) is 9.59 Å². The lowest BCUT2D eigenvalue weighted by Crippen LogP contribution is -2.49. The van der Waals surface area contributed by atoms with Crippen LogP contribution in [0, 0.1) is 0 Å². The molecule has 0 unspecified atom stereocenters. The van der Waals surface area contributed by atoms with Crippen molar-refractivity contribution in [2.45, 2.75) is 6.54 Å². The molecule has 1 aromatic rings. The lowest BCUT2D eigenvalue weighted by atomic mass is 10.1. The number of rotatable bonds is 5. The Bertz CT molecular complexity index is 518. The molecular formula is C15H23ClN4O2. The fourth-order valence-electron chi connectivity index (χ4n) is 2.44. The van der Waals surface area contributed by atoms with Gasteiger partial charge in [0.25, 0.3) is 0 Å². The fourth-order valence-corrected chi connectivity index (χ4v) is 2.44. The van der Waals surface area contributed by atoms with Crippen molar-refractivity contribution in [2.75, 3.05) is 39.8 Å². The first-order chi connectivity index (χ1) is 10.1. The fraction of sp³-hybridized carbons (Fsp3) is 0.467. The van der Waals surface area contributed by atoms with Crippen LogP contribution in [0.5, 0.6) is 0 Å². The number of nitrogens with one attached hydrogen (secondary N) is 1. The average molecular weight is 327 g/mol. The zero-order valence-electron chi connectivity index (χ0n) is 12.7. The summed E-state index contributed by atoms with van der Waals surface area (Å²) in [6.07, 6.45) is 0. The van der Waals surface area contributed by atoms with Gasteiger partial charge in [0.2, 0.25) is 11.8 Å². The van der Waals surface area contributed by atoms with Gasteiger partial charge in [0.1, 0.15) is 0 Å². The summed E-state index contributed by atoms with van der Waals surface area (Å²) < 4.78 is 0. The van der Waals surface area contributed by atoms with Gasteiger partial charge in [0.15, 0.2) is 0 Å². The van der Waals surface area contributed by atoms with Crippen LogP contribution in [0.3, 0.4) is 0 Å². The topological polar surface area (TPSA) is 78.7 Å². The van der Waals surface area contributed by atoms with Gasteiger partial charge in [-0.3, -0.25) is 14.5 Å². The highest BCUT2D eigenvalue weighted by Gasteiger charge is 2.17. The van der Waals surface area contributed by atoms with Crippen molar-refractivity contribution in [3.8, 4) is 0 Å². The van der Waals surface area contributed by atoms with Crippen molar-refractivity contribution in [3.63, 3.8) is 0 Å². The van der Waals surface area contributed by atoms with Gasteiger partial charge in [0.05, 0.1) is 6.54 Å². The van der Waals surface area contributed by atoms with Gasteiger partial charge < -0.3 is 16.0 Å². The third kappa shape index (κ3) is 5.29. The van der Waals surface area contributed by atoms with E-state index in [2.05, 4.69) is 5.32 Å². The number of nitrogens with two attached hydrogens (primary N) is 1. The quantitative estimate of drug-likeness (QED) is 0.802. The predicted molar refractivity (Wildman–Crippen MR) is 88.0 cm³/mol. The predicted octanol–water partition coefficient (Wildman–Crippen LogP) is 0.0709. The molecule has 1 aliphatic rings. The molecule has 0 saturated carbocycles. The molecule has 3 N–H and O–H groups in total. The minimum absolute atomic E-state index is 0. The van der Waals surface area contributed by atoms with Crippen LogP contribution in [0.15, 0.2) is 24.3 Å². The van der Waals surface area contributed by atoms with Gasteiger partial charge in [-0.1, -0.05) is 12.1 Å². The summed E-state index contributed by atoms with van der Waals surface area (Å²) in [6.45, 7) is 4.24. The van der Waals surface area contributed by atoms with E-state index >= 15 is 0 Å². The maximum Gasteiger partial charge on any atom is 0.248 e. The summed E-state index contributed by atoms with van der Waals surface area (Å²) in [5.41, 5.74) is 6.74. The van der Waals surface area contributed by atoms with E-state index in [1.807, 2.05) is 22.9 Å². The number of likely N-dealkylation sites (N-methyl/N-ethyl adjacent to an activating group) is 1. The summed E-state index contributed by atoms with van der Waals surface area (Å²) >= 11 is 0. The number of amides is 2. The Morgan fingerprint density at radius 2 is 2.00 bits per heavy atom. The molecule has 7 heteroatoms. The number of halogens is 1. The van der Waals surface area contributed by atoms with Crippen molar-refractivity contribution >= 4 is 24.2 Å². The molecule has 0 aliphatic carbocycles. The monoisotopic (exact) mass is 326 g/mol. The summed E-state index contributed by atoms with van der Waals surface area (Å²) in [5, 5.41) is 3.23. The molecule has 1 aromatic carbocycles. The van der Waals surface area contributed by atoms with E-state index in [1.54, 1.807) is 18.2 Å². The van der Waals surface area contributed by atoms with Crippen LogP contribution in [0.2, 0.25) is 0 Å². The number of nitrogens with zero attached hydrogens (tertiary/aromatic N) is 2. The molecule has 0 radical (unpaired) electrons. The zero-order chi connectivity index (χ0) is 15.2. The second-order valence-electron chi connectivity index (χ2n) is 5.37. The Kier molecular flexibility index (Phi) is 7.31. The SMILES string of the molecule is CN(CC(=O)N1CCNCC1)Cc1cccc(C(N)=O)c1.Cl. The Labute approximate surface area is 137 Å². The van der Waals surface area contributed by atoms with Crippen LogP contribution < -0.4 is 11.1 Å². The first-order valence-corrected chi connectivity index (χ1v) is 7.12. The number of benzene rings is 1. The van der Waals surface area contributed by atoms with Crippen LogP contribution in [-0.4, -0.2) is 61.4 Å². The Balaban J connectivity index is 0.00000242. The maximum absolute atomic E-state index is 12.2. The van der Waals surface area contributed by atoms with Gasteiger partial charge in [-0.2, -0.15) is 0 Å². The number of piperazine rings is 1. The Morgan fingerprint density at radius 3 is 2.64 bits per heavy atom. The summed E-state index contributed by atoms with van der Waals surface area (Å²) in [7, 11) is 1.90. The van der Waals surface area contributed by atoms with E-state index in [0.717, 1.165) is 31.7 Å². The highest BCUT2D eigenvalue weighted by atomic mass is 35.5. The highest BCUT2D eigenvalue weighted by Crippen LogP contribution is 2.07. The van der Waals surface area contributed by atoms with Crippen LogP contribution in [0.4, 0.5) is 0 Å². The smallest absolute Gasteiger partial charge is 0.248 e. The number of carbonyl (C=O) groups is 2. The number of hydrogen-bond donors (Lipinski definition) is 2. The lowest BCUT2D eigenvalue weighted by Gasteiger charge is -2.29. The third-order valence-electron chi connectivity index (χ3n) is 3.54. The van der Waals surface area contributed by atoms with Crippen molar-refractivity contribution in [1.29, 1.82) is 0 Å². The first-order valence-electron chi connectivity index (χ1n) is 7.12. The second kappa shape index (κ2) is 8.73. The number of primary amides is 1. The van der Waals surface area contributed by atoms with Gasteiger partial charge in [0, 0.05) is 38.3 Å². The van der Waals surface area contributed by atoms with Crippen LogP contribution in [0.1, 0.15) is 15.9 Å². The van der Waals surface area contributed by atoms with Gasteiger partial charge in [-0.15, -0.1) is 12.4 Å². The molecule has 0 aromatic heterocycles. The molecule has 2 amide bonds. The minimum atomic E-state index is -0.434. The molecule has 2 rings (SSSR count). The van der Waals surface area contributed by atoms with E-state index in [1.165, 1.54) is 0 Å². The summed E-state index contributed by atoms with van der Waals surface area (Å²) in [6, 6.07) is 7.20. The molecule has 1 heterocycles. The largest absolute Gasteiger partial charge is 0.366 e. The third-order valence-corrected chi connectivity index (χ3v) is 3.54.